The molecule has 0 aromatic rings. The maximum atomic E-state index is 5.57. The summed E-state index contributed by atoms with van der Waals surface area (Å²) in [5, 5.41) is 3.25. The zero-order valence-electron chi connectivity index (χ0n) is 6.52. The van der Waals surface area contributed by atoms with Gasteiger partial charge in [-0.25, -0.2) is 0 Å². The van der Waals surface area contributed by atoms with E-state index in [1.807, 2.05) is 7.05 Å². The van der Waals surface area contributed by atoms with Gasteiger partial charge in [0.15, 0.2) is 0 Å². The third-order valence-electron chi connectivity index (χ3n) is 2.83. The monoisotopic (exact) mass is 141 g/mol. The molecule has 2 unspecified atom stereocenters. The highest BCUT2D eigenvalue weighted by atomic mass is 16.5. The van der Waals surface area contributed by atoms with Gasteiger partial charge in [-0.3, -0.25) is 0 Å². The molecule has 2 fully saturated rings. The average Bonchev–Trinajstić information content (AvgIpc) is 2.46. The van der Waals surface area contributed by atoms with E-state index in [4.69, 9.17) is 4.74 Å². The first kappa shape index (κ1) is 6.62. The molecule has 2 atom stereocenters. The third kappa shape index (κ3) is 0.867. The second-order valence-corrected chi connectivity index (χ2v) is 3.71. The Balaban J connectivity index is 2.01. The molecule has 1 saturated carbocycles. The largest absolute Gasteiger partial charge is 0.378 e. The molecule has 2 bridgehead atoms. The first-order valence-electron chi connectivity index (χ1n) is 4.11. The molecule has 0 amide bonds. The SMILES string of the molecule is CNCC12CCC(C1)OC2. The maximum Gasteiger partial charge on any atom is 0.0582 e. The summed E-state index contributed by atoms with van der Waals surface area (Å²) in [6.07, 6.45) is 4.57. The van der Waals surface area contributed by atoms with E-state index in [1.165, 1.54) is 19.3 Å². The molecule has 1 saturated heterocycles. The molecular weight excluding hydrogens is 126 g/mol. The van der Waals surface area contributed by atoms with Gasteiger partial charge in [-0.05, 0) is 26.3 Å². The van der Waals surface area contributed by atoms with Crippen LogP contribution in [0.25, 0.3) is 0 Å². The lowest BCUT2D eigenvalue weighted by atomic mass is 9.88. The summed E-state index contributed by atoms with van der Waals surface area (Å²) in [5.74, 6) is 0. The van der Waals surface area contributed by atoms with Crippen molar-refractivity contribution in [3.05, 3.63) is 0 Å². The van der Waals surface area contributed by atoms with Gasteiger partial charge in [0.1, 0.15) is 0 Å². The Bertz CT molecular complexity index is 127. The Labute approximate surface area is 61.9 Å². The summed E-state index contributed by atoms with van der Waals surface area (Å²) >= 11 is 0. The molecule has 2 aliphatic rings. The van der Waals surface area contributed by atoms with Crippen molar-refractivity contribution in [3.8, 4) is 0 Å². The van der Waals surface area contributed by atoms with E-state index in [0.717, 1.165) is 13.2 Å². The predicted molar refractivity (Wildman–Crippen MR) is 40.0 cm³/mol. The normalized spacial score (nSPS) is 44.7. The van der Waals surface area contributed by atoms with Crippen LogP contribution in [0.5, 0.6) is 0 Å². The van der Waals surface area contributed by atoms with Gasteiger partial charge in [0.25, 0.3) is 0 Å². The van der Waals surface area contributed by atoms with Crippen LogP contribution in [0, 0.1) is 5.41 Å². The minimum Gasteiger partial charge on any atom is -0.378 e. The number of fused-ring (bicyclic) bond motifs is 2. The number of rotatable bonds is 2. The van der Waals surface area contributed by atoms with Gasteiger partial charge in [0.2, 0.25) is 0 Å². The van der Waals surface area contributed by atoms with E-state index in [2.05, 4.69) is 5.32 Å². The van der Waals surface area contributed by atoms with Crippen LogP contribution in [0.4, 0.5) is 0 Å². The van der Waals surface area contributed by atoms with Crippen LogP contribution in [0.3, 0.4) is 0 Å². The topological polar surface area (TPSA) is 21.3 Å². The summed E-state index contributed by atoms with van der Waals surface area (Å²) in [4.78, 5) is 0. The first-order valence-corrected chi connectivity index (χ1v) is 4.11. The van der Waals surface area contributed by atoms with Crippen LogP contribution in [-0.2, 0) is 4.74 Å². The first-order chi connectivity index (χ1) is 4.85. The second-order valence-electron chi connectivity index (χ2n) is 3.71. The van der Waals surface area contributed by atoms with E-state index in [0.29, 0.717) is 11.5 Å². The van der Waals surface area contributed by atoms with Gasteiger partial charge < -0.3 is 10.1 Å². The summed E-state index contributed by atoms with van der Waals surface area (Å²) in [7, 11) is 2.03. The Morgan fingerprint density at radius 3 is 3.00 bits per heavy atom. The van der Waals surface area contributed by atoms with E-state index >= 15 is 0 Å². The van der Waals surface area contributed by atoms with Crippen molar-refractivity contribution in [1.82, 2.24) is 5.32 Å². The lowest BCUT2D eigenvalue weighted by Crippen LogP contribution is -2.31. The van der Waals surface area contributed by atoms with Crippen LogP contribution in [0.1, 0.15) is 19.3 Å². The van der Waals surface area contributed by atoms with Crippen molar-refractivity contribution in [3.63, 3.8) is 0 Å². The molecule has 1 N–H and O–H groups in total. The van der Waals surface area contributed by atoms with Crippen molar-refractivity contribution in [2.24, 2.45) is 5.41 Å². The Morgan fingerprint density at radius 1 is 1.70 bits per heavy atom. The lowest BCUT2D eigenvalue weighted by molar-refractivity contribution is 0.0517. The van der Waals surface area contributed by atoms with Crippen LogP contribution in [0.15, 0.2) is 0 Å². The molecule has 0 aromatic heterocycles. The predicted octanol–water partition coefficient (Wildman–Crippen LogP) is 0.775. The van der Waals surface area contributed by atoms with Gasteiger partial charge in [-0.15, -0.1) is 0 Å². The summed E-state index contributed by atoms with van der Waals surface area (Å²) in [6.45, 7) is 2.14. The highest BCUT2D eigenvalue weighted by molar-refractivity contribution is 4.96. The summed E-state index contributed by atoms with van der Waals surface area (Å²) in [6, 6.07) is 0. The number of nitrogens with one attached hydrogen (secondary N) is 1. The van der Waals surface area contributed by atoms with Crippen molar-refractivity contribution in [1.29, 1.82) is 0 Å². The average molecular weight is 141 g/mol. The number of hydrogen-bond acceptors (Lipinski definition) is 2. The highest BCUT2D eigenvalue weighted by Crippen LogP contribution is 2.45. The highest BCUT2D eigenvalue weighted by Gasteiger charge is 2.45. The van der Waals surface area contributed by atoms with Crippen molar-refractivity contribution >= 4 is 0 Å². The van der Waals surface area contributed by atoms with Crippen molar-refractivity contribution in [2.75, 3.05) is 20.2 Å². The van der Waals surface area contributed by atoms with Gasteiger partial charge in [0.05, 0.1) is 12.7 Å². The van der Waals surface area contributed by atoms with E-state index in [-0.39, 0.29) is 0 Å². The van der Waals surface area contributed by atoms with E-state index in [1.54, 1.807) is 0 Å². The standard InChI is InChI=1S/C8H15NO/c1-9-5-8-3-2-7(4-8)10-6-8/h7,9H,2-6H2,1H3. The molecule has 10 heavy (non-hydrogen) atoms. The molecule has 2 rings (SSSR count). The van der Waals surface area contributed by atoms with Crippen molar-refractivity contribution < 1.29 is 4.74 Å². The zero-order valence-corrected chi connectivity index (χ0v) is 6.52. The van der Waals surface area contributed by atoms with Gasteiger partial charge in [-0.2, -0.15) is 0 Å². The molecule has 0 radical (unpaired) electrons. The quantitative estimate of drug-likeness (QED) is 0.613. The van der Waals surface area contributed by atoms with Crippen LogP contribution >= 0.6 is 0 Å². The fourth-order valence-corrected chi connectivity index (χ4v) is 2.31. The minimum absolute atomic E-state index is 0.527. The van der Waals surface area contributed by atoms with Crippen LogP contribution in [-0.4, -0.2) is 26.3 Å². The fourth-order valence-electron chi connectivity index (χ4n) is 2.31. The smallest absolute Gasteiger partial charge is 0.0582 e. The Kier molecular flexibility index (Phi) is 1.46. The molecule has 58 valence electrons. The Morgan fingerprint density at radius 2 is 2.60 bits per heavy atom. The summed E-state index contributed by atoms with van der Waals surface area (Å²) in [5.41, 5.74) is 0.527. The van der Waals surface area contributed by atoms with Gasteiger partial charge >= 0.3 is 0 Å². The zero-order chi connectivity index (χ0) is 7.03. The minimum atomic E-state index is 0.527. The van der Waals surface area contributed by atoms with Crippen LogP contribution < -0.4 is 5.32 Å². The molecular formula is C8H15NO. The van der Waals surface area contributed by atoms with Gasteiger partial charge in [-0.1, -0.05) is 0 Å². The van der Waals surface area contributed by atoms with E-state index in [9.17, 15) is 0 Å². The third-order valence-corrected chi connectivity index (χ3v) is 2.83. The Hall–Kier alpha value is -0.0800. The fraction of sp³-hybridized carbons (Fsp3) is 1.00. The molecule has 1 aliphatic heterocycles. The molecule has 2 nitrogen and oxygen atoms in total. The maximum absolute atomic E-state index is 5.57. The number of hydrogen-bond donors (Lipinski definition) is 1. The second kappa shape index (κ2) is 2.21. The summed E-state index contributed by atoms with van der Waals surface area (Å²) < 4.78 is 5.57. The molecule has 0 aromatic carbocycles. The lowest BCUT2D eigenvalue weighted by Gasteiger charge is -2.24. The van der Waals surface area contributed by atoms with E-state index < -0.39 is 0 Å². The molecule has 1 aliphatic carbocycles. The molecule has 2 heteroatoms. The molecule has 1 heterocycles. The van der Waals surface area contributed by atoms with Gasteiger partial charge in [0, 0.05) is 12.0 Å². The van der Waals surface area contributed by atoms with Crippen LogP contribution in [0.2, 0.25) is 0 Å². The number of ether oxygens (including phenoxy) is 1. The van der Waals surface area contributed by atoms with Crippen molar-refractivity contribution in [2.45, 2.75) is 25.4 Å². The molecule has 0 spiro atoms.